The van der Waals surface area contributed by atoms with Gasteiger partial charge in [-0.25, -0.2) is 5.43 Å². The molecule has 0 aliphatic carbocycles. The second kappa shape index (κ2) is 6.21. The average molecular weight is 290 g/mol. The van der Waals surface area contributed by atoms with Gasteiger partial charge in [0.25, 0.3) is 5.91 Å². The van der Waals surface area contributed by atoms with E-state index in [1.165, 1.54) is 24.5 Å². The second-order valence-corrected chi connectivity index (χ2v) is 4.95. The molecule has 1 amide bonds. The number of hydrogen-bond acceptors (Lipinski definition) is 5. The zero-order valence-corrected chi connectivity index (χ0v) is 11.9. The minimum absolute atomic E-state index is 0.0617. The topological polar surface area (TPSA) is 70.9 Å². The fourth-order valence-corrected chi connectivity index (χ4v) is 2.18. The first-order chi connectivity index (χ1) is 9.61. The van der Waals surface area contributed by atoms with E-state index in [4.69, 9.17) is 4.74 Å². The highest BCUT2D eigenvalue weighted by Gasteiger charge is 2.07. The molecular weight excluding hydrogens is 276 g/mol. The van der Waals surface area contributed by atoms with Crippen LogP contribution >= 0.6 is 11.3 Å². The summed E-state index contributed by atoms with van der Waals surface area (Å²) in [6, 6.07) is 8.42. The van der Waals surface area contributed by atoms with Crippen LogP contribution in [0.1, 0.15) is 22.2 Å². The van der Waals surface area contributed by atoms with Crippen molar-refractivity contribution in [3.8, 4) is 11.5 Å². The Morgan fingerprint density at radius 3 is 2.85 bits per heavy atom. The number of nitrogens with zero attached hydrogens (tertiary/aromatic N) is 1. The maximum absolute atomic E-state index is 11.7. The lowest BCUT2D eigenvalue weighted by atomic mass is 10.1. The van der Waals surface area contributed by atoms with Gasteiger partial charge in [-0.2, -0.15) is 5.10 Å². The van der Waals surface area contributed by atoms with Gasteiger partial charge in [-0.15, -0.1) is 11.3 Å². The Morgan fingerprint density at radius 1 is 1.40 bits per heavy atom. The number of methoxy groups -OCH3 is 1. The van der Waals surface area contributed by atoms with Crippen molar-refractivity contribution < 1.29 is 14.6 Å². The summed E-state index contributed by atoms with van der Waals surface area (Å²) in [5, 5.41) is 15.4. The third-order valence-corrected chi connectivity index (χ3v) is 3.54. The standard InChI is InChI=1S/C14H14N2O3S/c1-9(10-5-6-11(17)12(8-10)19-2)15-16-14(18)13-4-3-7-20-13/h3-8,17H,1-2H3,(H,16,18)/b15-9+. The molecule has 5 nitrogen and oxygen atoms in total. The molecule has 0 radical (unpaired) electrons. The molecule has 1 heterocycles. The molecular formula is C14H14N2O3S. The summed E-state index contributed by atoms with van der Waals surface area (Å²) >= 11 is 1.35. The Bertz CT molecular complexity index is 636. The van der Waals surface area contributed by atoms with E-state index in [1.807, 2.05) is 5.38 Å². The van der Waals surface area contributed by atoms with E-state index in [0.29, 0.717) is 16.3 Å². The normalized spacial score (nSPS) is 11.2. The monoisotopic (exact) mass is 290 g/mol. The first-order valence-corrected chi connectivity index (χ1v) is 6.75. The van der Waals surface area contributed by atoms with Gasteiger partial charge in [0.15, 0.2) is 11.5 Å². The van der Waals surface area contributed by atoms with Crippen molar-refractivity contribution in [3.63, 3.8) is 0 Å². The third-order valence-electron chi connectivity index (χ3n) is 2.67. The summed E-state index contributed by atoms with van der Waals surface area (Å²) in [5.74, 6) is 0.179. The summed E-state index contributed by atoms with van der Waals surface area (Å²) in [7, 11) is 1.48. The fraction of sp³-hybridized carbons (Fsp3) is 0.143. The number of phenolic OH excluding ortho intramolecular Hbond substituents is 1. The molecule has 1 aromatic heterocycles. The molecule has 1 aromatic carbocycles. The highest BCUT2D eigenvalue weighted by atomic mass is 32.1. The molecule has 2 aromatic rings. The quantitative estimate of drug-likeness (QED) is 0.671. The number of phenols is 1. The number of carbonyl (C=O) groups is 1. The maximum Gasteiger partial charge on any atom is 0.281 e. The molecule has 104 valence electrons. The lowest BCUT2D eigenvalue weighted by Crippen LogP contribution is -2.18. The van der Waals surface area contributed by atoms with Gasteiger partial charge in [0.1, 0.15) is 0 Å². The number of nitrogens with one attached hydrogen (secondary N) is 1. The Hall–Kier alpha value is -2.34. The van der Waals surface area contributed by atoms with E-state index in [1.54, 1.807) is 31.2 Å². The molecule has 6 heteroatoms. The van der Waals surface area contributed by atoms with E-state index in [9.17, 15) is 9.90 Å². The molecule has 20 heavy (non-hydrogen) atoms. The number of rotatable bonds is 4. The SMILES string of the molecule is COc1cc(/C(C)=N/NC(=O)c2cccs2)ccc1O. The van der Waals surface area contributed by atoms with Gasteiger partial charge in [-0.1, -0.05) is 6.07 Å². The lowest BCUT2D eigenvalue weighted by Gasteiger charge is -2.06. The summed E-state index contributed by atoms with van der Waals surface area (Å²) in [6.45, 7) is 1.76. The van der Waals surface area contributed by atoms with Gasteiger partial charge in [0.2, 0.25) is 0 Å². The molecule has 0 aliphatic rings. The average Bonchev–Trinajstić information content (AvgIpc) is 2.99. The van der Waals surface area contributed by atoms with Crippen molar-refractivity contribution in [2.45, 2.75) is 6.92 Å². The number of benzene rings is 1. The number of amides is 1. The lowest BCUT2D eigenvalue weighted by molar-refractivity contribution is 0.0959. The van der Waals surface area contributed by atoms with Crippen molar-refractivity contribution in [2.24, 2.45) is 5.10 Å². The van der Waals surface area contributed by atoms with Crippen molar-refractivity contribution in [2.75, 3.05) is 7.11 Å². The molecule has 2 N–H and O–H groups in total. The van der Waals surface area contributed by atoms with Crippen molar-refractivity contribution in [3.05, 3.63) is 46.2 Å². The molecule has 0 spiro atoms. The van der Waals surface area contributed by atoms with Crippen LogP contribution in [0.5, 0.6) is 11.5 Å². The minimum atomic E-state index is -0.245. The zero-order chi connectivity index (χ0) is 14.5. The Kier molecular flexibility index (Phi) is 4.37. The van der Waals surface area contributed by atoms with Gasteiger partial charge in [-0.05, 0) is 36.6 Å². The van der Waals surface area contributed by atoms with Crippen LogP contribution in [0.3, 0.4) is 0 Å². The molecule has 0 atom stereocenters. The van der Waals surface area contributed by atoms with E-state index in [-0.39, 0.29) is 11.7 Å². The van der Waals surface area contributed by atoms with Crippen LogP contribution in [-0.4, -0.2) is 23.8 Å². The summed E-state index contributed by atoms with van der Waals surface area (Å²) in [6.07, 6.45) is 0. The van der Waals surface area contributed by atoms with E-state index in [0.717, 1.165) is 5.56 Å². The molecule has 0 unspecified atom stereocenters. The van der Waals surface area contributed by atoms with Crippen LogP contribution < -0.4 is 10.2 Å². The van der Waals surface area contributed by atoms with Gasteiger partial charge >= 0.3 is 0 Å². The second-order valence-electron chi connectivity index (χ2n) is 4.00. The van der Waals surface area contributed by atoms with Crippen LogP contribution in [0.4, 0.5) is 0 Å². The summed E-state index contributed by atoms with van der Waals surface area (Å²) in [4.78, 5) is 12.3. The fourth-order valence-electron chi connectivity index (χ4n) is 1.56. The minimum Gasteiger partial charge on any atom is -0.504 e. The van der Waals surface area contributed by atoms with E-state index < -0.39 is 0 Å². The van der Waals surface area contributed by atoms with Gasteiger partial charge in [-0.3, -0.25) is 4.79 Å². The van der Waals surface area contributed by atoms with Gasteiger partial charge in [0, 0.05) is 5.56 Å². The van der Waals surface area contributed by atoms with Crippen LogP contribution in [0, 0.1) is 0 Å². The first kappa shape index (κ1) is 14.1. The highest BCUT2D eigenvalue weighted by Crippen LogP contribution is 2.26. The number of carbonyl (C=O) groups excluding carboxylic acids is 1. The molecule has 0 fully saturated rings. The highest BCUT2D eigenvalue weighted by molar-refractivity contribution is 7.12. The Labute approximate surface area is 120 Å². The Morgan fingerprint density at radius 2 is 2.20 bits per heavy atom. The third kappa shape index (κ3) is 3.16. The van der Waals surface area contributed by atoms with Crippen LogP contribution in [0.2, 0.25) is 0 Å². The Balaban J connectivity index is 2.12. The summed E-state index contributed by atoms with van der Waals surface area (Å²) < 4.78 is 5.03. The molecule has 0 bridgehead atoms. The number of thiophene rings is 1. The maximum atomic E-state index is 11.7. The van der Waals surface area contributed by atoms with Gasteiger partial charge in [0.05, 0.1) is 17.7 Å². The van der Waals surface area contributed by atoms with Crippen molar-refractivity contribution in [1.29, 1.82) is 0 Å². The largest absolute Gasteiger partial charge is 0.504 e. The van der Waals surface area contributed by atoms with Crippen LogP contribution in [0.15, 0.2) is 40.8 Å². The first-order valence-electron chi connectivity index (χ1n) is 5.87. The predicted octanol–water partition coefficient (Wildman–Crippen LogP) is 2.62. The number of aromatic hydroxyl groups is 1. The zero-order valence-electron chi connectivity index (χ0n) is 11.1. The molecule has 0 saturated heterocycles. The predicted molar refractivity (Wildman–Crippen MR) is 78.7 cm³/mol. The molecule has 2 rings (SSSR count). The molecule has 0 aliphatic heterocycles. The molecule has 0 saturated carbocycles. The van der Waals surface area contributed by atoms with Crippen molar-refractivity contribution >= 4 is 23.0 Å². The smallest absolute Gasteiger partial charge is 0.281 e. The summed E-state index contributed by atoms with van der Waals surface area (Å²) in [5.41, 5.74) is 3.87. The van der Waals surface area contributed by atoms with Gasteiger partial charge < -0.3 is 9.84 Å². The number of hydrazone groups is 1. The van der Waals surface area contributed by atoms with E-state index >= 15 is 0 Å². The van der Waals surface area contributed by atoms with E-state index in [2.05, 4.69) is 10.5 Å². The number of hydrogen-bond donors (Lipinski definition) is 2. The van der Waals surface area contributed by atoms with Crippen LogP contribution in [-0.2, 0) is 0 Å². The number of ether oxygens (including phenoxy) is 1. The van der Waals surface area contributed by atoms with Crippen molar-refractivity contribution in [1.82, 2.24) is 5.43 Å². The van der Waals surface area contributed by atoms with Crippen LogP contribution in [0.25, 0.3) is 0 Å².